The third kappa shape index (κ3) is 5.18. The SMILES string of the molecule is CCCCS(=O)(=O)NC(CC)C(=N)N. The molecule has 0 amide bonds. The molecule has 0 heterocycles. The number of nitrogens with two attached hydrogens (primary N) is 1. The van der Waals surface area contributed by atoms with E-state index in [1.54, 1.807) is 6.92 Å². The van der Waals surface area contributed by atoms with Crippen LogP contribution < -0.4 is 10.5 Å². The lowest BCUT2D eigenvalue weighted by molar-refractivity contribution is 0.568. The first-order valence-corrected chi connectivity index (χ1v) is 6.42. The minimum Gasteiger partial charge on any atom is -0.386 e. The average Bonchev–Trinajstić information content (AvgIpc) is 2.10. The molecule has 1 unspecified atom stereocenters. The molecule has 0 aliphatic carbocycles. The van der Waals surface area contributed by atoms with E-state index in [4.69, 9.17) is 11.1 Å². The summed E-state index contributed by atoms with van der Waals surface area (Å²) >= 11 is 0. The van der Waals surface area contributed by atoms with E-state index in [0.29, 0.717) is 12.8 Å². The van der Waals surface area contributed by atoms with Crippen molar-refractivity contribution in [1.29, 1.82) is 5.41 Å². The van der Waals surface area contributed by atoms with E-state index in [-0.39, 0.29) is 11.6 Å². The Labute approximate surface area is 85.6 Å². The molecule has 14 heavy (non-hydrogen) atoms. The topological polar surface area (TPSA) is 96.0 Å². The summed E-state index contributed by atoms with van der Waals surface area (Å²) in [5.74, 6) is -0.0274. The first kappa shape index (κ1) is 13.4. The maximum atomic E-state index is 11.4. The molecule has 4 N–H and O–H groups in total. The Bertz CT molecular complexity index is 274. The van der Waals surface area contributed by atoms with Crippen LogP contribution in [0.3, 0.4) is 0 Å². The van der Waals surface area contributed by atoms with Crippen molar-refractivity contribution >= 4 is 15.9 Å². The summed E-state index contributed by atoms with van der Waals surface area (Å²) in [6, 6.07) is -0.558. The predicted molar refractivity (Wildman–Crippen MR) is 57.8 cm³/mol. The molecule has 0 aromatic heterocycles. The molecule has 0 aromatic rings. The molecule has 84 valence electrons. The number of hydrogen-bond acceptors (Lipinski definition) is 3. The molecule has 0 aliphatic heterocycles. The van der Waals surface area contributed by atoms with Gasteiger partial charge in [0.2, 0.25) is 10.0 Å². The normalized spacial score (nSPS) is 13.9. The summed E-state index contributed by atoms with van der Waals surface area (Å²) in [5.41, 5.74) is 5.24. The monoisotopic (exact) mass is 221 g/mol. The van der Waals surface area contributed by atoms with E-state index in [0.717, 1.165) is 6.42 Å². The maximum absolute atomic E-state index is 11.4. The second-order valence-corrected chi connectivity index (χ2v) is 5.08. The van der Waals surface area contributed by atoms with Gasteiger partial charge < -0.3 is 5.73 Å². The van der Waals surface area contributed by atoms with Crippen LogP contribution in [0.5, 0.6) is 0 Å². The Hall–Kier alpha value is -0.620. The third-order valence-electron chi connectivity index (χ3n) is 1.87. The first-order chi connectivity index (χ1) is 6.43. The first-order valence-electron chi connectivity index (χ1n) is 4.76. The Kier molecular flexibility index (Phi) is 5.71. The van der Waals surface area contributed by atoms with E-state index < -0.39 is 16.1 Å². The molecule has 0 saturated heterocycles. The minimum absolute atomic E-state index is 0.104. The number of nitrogens with one attached hydrogen (secondary N) is 2. The minimum atomic E-state index is -3.27. The van der Waals surface area contributed by atoms with Gasteiger partial charge in [0.05, 0.1) is 11.8 Å². The lowest BCUT2D eigenvalue weighted by Gasteiger charge is -2.15. The third-order valence-corrected chi connectivity index (χ3v) is 3.34. The Balaban J connectivity index is 4.26. The van der Waals surface area contributed by atoms with Gasteiger partial charge >= 0.3 is 0 Å². The van der Waals surface area contributed by atoms with Crippen molar-refractivity contribution < 1.29 is 8.42 Å². The summed E-state index contributed by atoms with van der Waals surface area (Å²) in [5, 5.41) is 7.16. The van der Waals surface area contributed by atoms with Crippen molar-refractivity contribution in [1.82, 2.24) is 4.72 Å². The second kappa shape index (κ2) is 5.98. The van der Waals surface area contributed by atoms with Gasteiger partial charge in [0, 0.05) is 0 Å². The highest BCUT2D eigenvalue weighted by Crippen LogP contribution is 1.98. The van der Waals surface area contributed by atoms with Crippen molar-refractivity contribution in [3.8, 4) is 0 Å². The summed E-state index contributed by atoms with van der Waals surface area (Å²) in [7, 11) is -3.27. The van der Waals surface area contributed by atoms with E-state index >= 15 is 0 Å². The van der Waals surface area contributed by atoms with E-state index in [9.17, 15) is 8.42 Å². The number of hydrogen-bond donors (Lipinski definition) is 3. The number of unbranched alkanes of at least 4 members (excludes halogenated alkanes) is 1. The molecule has 6 heteroatoms. The van der Waals surface area contributed by atoms with Gasteiger partial charge in [-0.15, -0.1) is 0 Å². The Morgan fingerprint density at radius 2 is 2.07 bits per heavy atom. The van der Waals surface area contributed by atoms with Crippen LogP contribution >= 0.6 is 0 Å². The Morgan fingerprint density at radius 1 is 1.50 bits per heavy atom. The molecule has 0 aliphatic rings. The highest BCUT2D eigenvalue weighted by molar-refractivity contribution is 7.89. The number of rotatable bonds is 7. The van der Waals surface area contributed by atoms with Crippen LogP contribution in [0.15, 0.2) is 0 Å². The van der Waals surface area contributed by atoms with Gasteiger partial charge in [0.1, 0.15) is 5.84 Å². The summed E-state index contributed by atoms with van der Waals surface area (Å²) in [6.07, 6.45) is 1.96. The van der Waals surface area contributed by atoms with Crippen LogP contribution in [0.25, 0.3) is 0 Å². The van der Waals surface area contributed by atoms with Gasteiger partial charge in [0.25, 0.3) is 0 Å². The standard InChI is InChI=1S/C8H19N3O2S/c1-3-5-6-14(12,13)11-7(4-2)8(9)10/h7,11H,3-6H2,1-2H3,(H3,9,10). The fourth-order valence-corrected chi connectivity index (χ4v) is 2.49. The quantitative estimate of drug-likeness (QED) is 0.429. The molecule has 0 rings (SSSR count). The molecule has 0 aromatic carbocycles. The Morgan fingerprint density at radius 3 is 2.43 bits per heavy atom. The lowest BCUT2D eigenvalue weighted by Crippen LogP contribution is -2.44. The van der Waals surface area contributed by atoms with Crippen molar-refractivity contribution in [3.05, 3.63) is 0 Å². The predicted octanol–water partition coefficient (Wildman–Crippen LogP) is 0.420. The molecule has 0 spiro atoms. The van der Waals surface area contributed by atoms with E-state index in [1.807, 2.05) is 6.92 Å². The molecule has 0 bridgehead atoms. The highest BCUT2D eigenvalue weighted by Gasteiger charge is 2.17. The summed E-state index contributed by atoms with van der Waals surface area (Å²) in [4.78, 5) is 0. The van der Waals surface area contributed by atoms with Gasteiger partial charge in [-0.25, -0.2) is 13.1 Å². The highest BCUT2D eigenvalue weighted by atomic mass is 32.2. The molecule has 0 radical (unpaired) electrons. The van der Waals surface area contributed by atoms with Crippen LogP contribution in [-0.4, -0.2) is 26.0 Å². The number of amidine groups is 1. The van der Waals surface area contributed by atoms with Gasteiger partial charge in [-0.1, -0.05) is 20.3 Å². The van der Waals surface area contributed by atoms with Crippen molar-refractivity contribution in [2.24, 2.45) is 5.73 Å². The fraction of sp³-hybridized carbons (Fsp3) is 0.875. The van der Waals surface area contributed by atoms with Crippen molar-refractivity contribution in [3.63, 3.8) is 0 Å². The van der Waals surface area contributed by atoms with Gasteiger partial charge in [-0.2, -0.15) is 0 Å². The van der Waals surface area contributed by atoms with Crippen LogP contribution in [0.2, 0.25) is 0 Å². The van der Waals surface area contributed by atoms with Gasteiger partial charge in [-0.3, -0.25) is 5.41 Å². The maximum Gasteiger partial charge on any atom is 0.212 e. The zero-order chi connectivity index (χ0) is 11.2. The summed E-state index contributed by atoms with van der Waals surface area (Å²) < 4.78 is 25.2. The number of sulfonamides is 1. The molecular formula is C8H19N3O2S. The van der Waals surface area contributed by atoms with Crippen molar-refractivity contribution in [2.45, 2.75) is 39.2 Å². The molecule has 0 fully saturated rings. The van der Waals surface area contributed by atoms with Crippen LogP contribution in [0.4, 0.5) is 0 Å². The molecule has 0 saturated carbocycles. The largest absolute Gasteiger partial charge is 0.386 e. The van der Waals surface area contributed by atoms with Crippen LogP contribution in [0.1, 0.15) is 33.1 Å². The van der Waals surface area contributed by atoms with Crippen LogP contribution in [0, 0.1) is 5.41 Å². The van der Waals surface area contributed by atoms with Crippen LogP contribution in [-0.2, 0) is 10.0 Å². The molecule has 5 nitrogen and oxygen atoms in total. The lowest BCUT2D eigenvalue weighted by atomic mass is 10.2. The van der Waals surface area contributed by atoms with Gasteiger partial charge in [-0.05, 0) is 12.8 Å². The van der Waals surface area contributed by atoms with E-state index in [2.05, 4.69) is 4.72 Å². The van der Waals surface area contributed by atoms with Gasteiger partial charge in [0.15, 0.2) is 0 Å². The van der Waals surface area contributed by atoms with Crippen molar-refractivity contribution in [2.75, 3.05) is 5.75 Å². The molecule has 1 atom stereocenters. The fourth-order valence-electron chi connectivity index (χ4n) is 0.977. The average molecular weight is 221 g/mol. The molecular weight excluding hydrogens is 202 g/mol. The smallest absolute Gasteiger partial charge is 0.212 e. The van der Waals surface area contributed by atoms with E-state index in [1.165, 1.54) is 0 Å². The second-order valence-electron chi connectivity index (χ2n) is 3.21. The zero-order valence-corrected chi connectivity index (χ0v) is 9.52. The summed E-state index contributed by atoms with van der Waals surface area (Å²) in [6.45, 7) is 3.71. The zero-order valence-electron chi connectivity index (χ0n) is 8.71.